The topological polar surface area (TPSA) is 50.7 Å². The summed E-state index contributed by atoms with van der Waals surface area (Å²) in [5.41, 5.74) is 2.01. The molecule has 0 saturated heterocycles. The minimum absolute atomic E-state index is 0.0830. The van der Waals surface area contributed by atoms with E-state index in [-0.39, 0.29) is 11.7 Å². The van der Waals surface area contributed by atoms with Crippen molar-refractivity contribution in [1.29, 1.82) is 0 Å². The van der Waals surface area contributed by atoms with Gasteiger partial charge in [0.1, 0.15) is 5.82 Å². The van der Waals surface area contributed by atoms with Crippen molar-refractivity contribution in [3.05, 3.63) is 64.9 Å². The van der Waals surface area contributed by atoms with Gasteiger partial charge in [-0.1, -0.05) is 47.4 Å². The number of hydrogen-bond donors (Lipinski definition) is 1. The number of hydrogen-bond acceptors (Lipinski definition) is 3. The fourth-order valence-corrected chi connectivity index (χ4v) is 3.33. The Hall–Kier alpha value is -2.40. The number of halogens is 2. The molecular formula is C20H20ClFN2O2. The number of amides is 1. The standard InChI is InChI=1S/C20H20ClFN2O2/c21-16-8-5-9-17(13-16)23-20(25)26-24-19-11-4-2-7-15(19)12-14-6-1-3-10-18(14)22/h1,3,5-6,8-10,13,15H,2,4,7,11-12H2,(H,23,25)/b24-19+. The van der Waals surface area contributed by atoms with E-state index in [0.29, 0.717) is 22.7 Å². The zero-order valence-corrected chi connectivity index (χ0v) is 15.0. The molecule has 1 atom stereocenters. The molecule has 0 bridgehead atoms. The fraction of sp³-hybridized carbons (Fsp3) is 0.300. The van der Waals surface area contributed by atoms with E-state index in [1.54, 1.807) is 36.4 Å². The number of nitrogens with zero attached hydrogens (tertiary/aromatic N) is 1. The quantitative estimate of drug-likeness (QED) is 0.541. The van der Waals surface area contributed by atoms with Crippen LogP contribution in [0.1, 0.15) is 31.2 Å². The van der Waals surface area contributed by atoms with Gasteiger partial charge in [-0.25, -0.2) is 9.18 Å². The number of carbonyl (C=O) groups is 1. The first kappa shape index (κ1) is 18.4. The van der Waals surface area contributed by atoms with Crippen molar-refractivity contribution in [3.63, 3.8) is 0 Å². The molecule has 1 N–H and O–H groups in total. The Morgan fingerprint density at radius 1 is 1.23 bits per heavy atom. The number of anilines is 1. The Morgan fingerprint density at radius 3 is 2.88 bits per heavy atom. The lowest BCUT2D eigenvalue weighted by Gasteiger charge is -2.23. The van der Waals surface area contributed by atoms with Crippen LogP contribution in [0, 0.1) is 11.7 Å². The van der Waals surface area contributed by atoms with Crippen molar-refractivity contribution in [1.82, 2.24) is 0 Å². The number of nitrogens with one attached hydrogen (secondary N) is 1. The number of carbonyl (C=O) groups excluding carboxylic acids is 1. The van der Waals surface area contributed by atoms with E-state index < -0.39 is 6.09 Å². The first-order valence-electron chi connectivity index (χ1n) is 8.65. The molecular weight excluding hydrogens is 355 g/mol. The van der Waals surface area contributed by atoms with Gasteiger partial charge in [0.15, 0.2) is 0 Å². The summed E-state index contributed by atoms with van der Waals surface area (Å²) in [5, 5.41) is 7.16. The van der Waals surface area contributed by atoms with Crippen LogP contribution in [0.2, 0.25) is 5.02 Å². The molecule has 26 heavy (non-hydrogen) atoms. The molecule has 1 unspecified atom stereocenters. The predicted molar refractivity (Wildman–Crippen MR) is 101 cm³/mol. The highest BCUT2D eigenvalue weighted by Crippen LogP contribution is 2.26. The van der Waals surface area contributed by atoms with Crippen molar-refractivity contribution in [3.8, 4) is 0 Å². The van der Waals surface area contributed by atoms with Gasteiger partial charge in [-0.05, 0) is 55.5 Å². The average Bonchev–Trinajstić information content (AvgIpc) is 2.63. The minimum Gasteiger partial charge on any atom is -0.298 e. The first-order valence-corrected chi connectivity index (χ1v) is 9.03. The number of oxime groups is 1. The second-order valence-corrected chi connectivity index (χ2v) is 6.77. The molecule has 1 aliphatic rings. The van der Waals surface area contributed by atoms with Crippen molar-refractivity contribution < 1.29 is 14.0 Å². The summed E-state index contributed by atoms with van der Waals surface area (Å²) in [6, 6.07) is 13.5. The molecule has 1 fully saturated rings. The van der Waals surface area contributed by atoms with Crippen LogP contribution in [-0.2, 0) is 11.3 Å². The monoisotopic (exact) mass is 374 g/mol. The maximum absolute atomic E-state index is 13.9. The molecule has 136 valence electrons. The molecule has 6 heteroatoms. The van der Waals surface area contributed by atoms with E-state index in [1.165, 1.54) is 6.07 Å². The van der Waals surface area contributed by atoms with Crippen LogP contribution in [0.25, 0.3) is 0 Å². The molecule has 1 aliphatic carbocycles. The van der Waals surface area contributed by atoms with Crippen LogP contribution in [0.5, 0.6) is 0 Å². The highest BCUT2D eigenvalue weighted by atomic mass is 35.5. The van der Waals surface area contributed by atoms with Crippen LogP contribution in [0.4, 0.5) is 14.9 Å². The van der Waals surface area contributed by atoms with Gasteiger partial charge in [-0.2, -0.15) is 0 Å². The molecule has 0 radical (unpaired) electrons. The lowest BCUT2D eigenvalue weighted by atomic mass is 9.83. The maximum atomic E-state index is 13.9. The summed E-state index contributed by atoms with van der Waals surface area (Å²) in [7, 11) is 0. The zero-order chi connectivity index (χ0) is 18.4. The first-order chi connectivity index (χ1) is 12.6. The van der Waals surface area contributed by atoms with Gasteiger partial charge >= 0.3 is 6.09 Å². The van der Waals surface area contributed by atoms with E-state index >= 15 is 0 Å². The van der Waals surface area contributed by atoms with E-state index in [1.807, 2.05) is 6.07 Å². The summed E-state index contributed by atoms with van der Waals surface area (Å²) < 4.78 is 13.9. The highest BCUT2D eigenvalue weighted by Gasteiger charge is 2.23. The Kier molecular flexibility index (Phi) is 6.23. The van der Waals surface area contributed by atoms with Crippen LogP contribution >= 0.6 is 11.6 Å². The molecule has 0 heterocycles. The van der Waals surface area contributed by atoms with Crippen molar-refractivity contribution in [2.24, 2.45) is 11.1 Å². The van der Waals surface area contributed by atoms with Gasteiger partial charge in [0.2, 0.25) is 0 Å². The van der Waals surface area contributed by atoms with Crippen LogP contribution in [-0.4, -0.2) is 11.8 Å². The van der Waals surface area contributed by atoms with E-state index in [2.05, 4.69) is 10.5 Å². The van der Waals surface area contributed by atoms with E-state index in [4.69, 9.17) is 16.4 Å². The summed E-state index contributed by atoms with van der Waals surface area (Å²) in [6.45, 7) is 0. The lowest BCUT2D eigenvalue weighted by Crippen LogP contribution is -2.23. The molecule has 2 aromatic carbocycles. The summed E-state index contributed by atoms with van der Waals surface area (Å²) in [6.07, 6.45) is 3.61. The normalized spacial score (nSPS) is 18.5. The highest BCUT2D eigenvalue weighted by molar-refractivity contribution is 6.30. The summed E-state index contributed by atoms with van der Waals surface area (Å²) in [5.74, 6) is -0.128. The Labute approximate surface area is 157 Å². The van der Waals surface area contributed by atoms with Gasteiger partial charge in [0.05, 0.1) is 5.71 Å². The number of benzene rings is 2. The van der Waals surface area contributed by atoms with Crippen molar-refractivity contribution in [2.45, 2.75) is 32.1 Å². The second kappa shape index (κ2) is 8.81. The number of rotatable bonds is 4. The van der Waals surface area contributed by atoms with Crippen molar-refractivity contribution in [2.75, 3.05) is 5.32 Å². The third-order valence-corrected chi connectivity index (χ3v) is 4.68. The fourth-order valence-electron chi connectivity index (χ4n) is 3.14. The molecule has 4 nitrogen and oxygen atoms in total. The van der Waals surface area contributed by atoms with Gasteiger partial charge in [-0.15, -0.1) is 0 Å². The maximum Gasteiger partial charge on any atom is 0.437 e. The Morgan fingerprint density at radius 2 is 2.08 bits per heavy atom. The molecule has 0 spiro atoms. The largest absolute Gasteiger partial charge is 0.437 e. The molecule has 2 aromatic rings. The lowest BCUT2D eigenvalue weighted by molar-refractivity contribution is 0.165. The Balaban J connectivity index is 1.63. The molecule has 3 rings (SSSR count). The average molecular weight is 375 g/mol. The third kappa shape index (κ3) is 5.05. The Bertz CT molecular complexity index is 810. The molecule has 0 aliphatic heterocycles. The molecule has 0 aromatic heterocycles. The van der Waals surface area contributed by atoms with Crippen LogP contribution in [0.3, 0.4) is 0 Å². The van der Waals surface area contributed by atoms with Crippen molar-refractivity contribution >= 4 is 29.1 Å². The zero-order valence-electron chi connectivity index (χ0n) is 14.3. The van der Waals surface area contributed by atoms with E-state index in [0.717, 1.165) is 31.4 Å². The summed E-state index contributed by atoms with van der Waals surface area (Å²) in [4.78, 5) is 17.0. The minimum atomic E-state index is -0.671. The SMILES string of the molecule is O=C(Nc1cccc(Cl)c1)O/N=C1\CCCCC1Cc1ccccc1F. The van der Waals surface area contributed by atoms with Crippen LogP contribution < -0.4 is 5.32 Å². The predicted octanol–water partition coefficient (Wildman–Crippen LogP) is 5.82. The smallest absolute Gasteiger partial charge is 0.298 e. The van der Waals surface area contributed by atoms with Gasteiger partial charge in [-0.3, -0.25) is 10.2 Å². The summed E-state index contributed by atoms with van der Waals surface area (Å²) >= 11 is 5.89. The molecule has 1 saturated carbocycles. The van der Waals surface area contributed by atoms with E-state index in [9.17, 15) is 9.18 Å². The third-order valence-electron chi connectivity index (χ3n) is 4.45. The van der Waals surface area contributed by atoms with Gasteiger partial charge < -0.3 is 0 Å². The van der Waals surface area contributed by atoms with Gasteiger partial charge in [0, 0.05) is 16.6 Å². The van der Waals surface area contributed by atoms with Gasteiger partial charge in [0.25, 0.3) is 0 Å². The second-order valence-electron chi connectivity index (χ2n) is 6.33. The van der Waals surface area contributed by atoms with Crippen LogP contribution in [0.15, 0.2) is 53.7 Å². The molecule has 1 amide bonds.